The molecule has 3 rings (SSSR count). The predicted octanol–water partition coefficient (Wildman–Crippen LogP) is 1.25. The lowest BCUT2D eigenvalue weighted by Crippen LogP contribution is -2.49. The van der Waals surface area contributed by atoms with Crippen LogP contribution >= 0.6 is 0 Å². The Balaban J connectivity index is 1.67. The molecule has 2 unspecified atom stereocenters. The fourth-order valence-electron chi connectivity index (χ4n) is 3.40. The van der Waals surface area contributed by atoms with Crippen LogP contribution in [0.15, 0.2) is 29.2 Å². The molecule has 2 aliphatic rings. The van der Waals surface area contributed by atoms with Crippen molar-refractivity contribution in [1.82, 2.24) is 9.62 Å². The Morgan fingerprint density at radius 1 is 1.28 bits per heavy atom. The monoisotopic (exact) mass is 365 g/mol. The SMILES string of the molecule is Cc1ccc(S(=O)(=O)N2CCCC(C(=O)NC(CN)C3CC3)C2)cc1. The molecule has 1 amide bonds. The summed E-state index contributed by atoms with van der Waals surface area (Å²) in [6, 6.07) is 6.87. The number of rotatable bonds is 6. The first-order chi connectivity index (χ1) is 11.9. The minimum Gasteiger partial charge on any atom is -0.352 e. The molecule has 0 aromatic heterocycles. The summed E-state index contributed by atoms with van der Waals surface area (Å²) in [7, 11) is -3.55. The maximum Gasteiger partial charge on any atom is 0.243 e. The zero-order valence-electron chi connectivity index (χ0n) is 14.6. The van der Waals surface area contributed by atoms with E-state index < -0.39 is 10.0 Å². The van der Waals surface area contributed by atoms with Crippen LogP contribution in [0.3, 0.4) is 0 Å². The number of hydrogen-bond donors (Lipinski definition) is 2. The molecule has 6 nitrogen and oxygen atoms in total. The van der Waals surface area contributed by atoms with Crippen LogP contribution in [0, 0.1) is 18.8 Å². The Morgan fingerprint density at radius 3 is 2.56 bits per heavy atom. The minimum atomic E-state index is -3.55. The second-order valence-electron chi connectivity index (χ2n) is 7.20. The van der Waals surface area contributed by atoms with E-state index in [-0.39, 0.29) is 29.3 Å². The molecule has 2 fully saturated rings. The van der Waals surface area contributed by atoms with E-state index in [4.69, 9.17) is 5.73 Å². The number of hydrogen-bond acceptors (Lipinski definition) is 4. The van der Waals surface area contributed by atoms with Gasteiger partial charge in [0.25, 0.3) is 0 Å². The molecular weight excluding hydrogens is 338 g/mol. The van der Waals surface area contributed by atoms with Crippen LogP contribution in [-0.4, -0.2) is 44.3 Å². The zero-order chi connectivity index (χ0) is 18.0. The van der Waals surface area contributed by atoms with E-state index in [9.17, 15) is 13.2 Å². The van der Waals surface area contributed by atoms with Gasteiger partial charge in [-0.25, -0.2) is 8.42 Å². The zero-order valence-corrected chi connectivity index (χ0v) is 15.5. The fourth-order valence-corrected chi connectivity index (χ4v) is 4.93. The number of carbonyl (C=O) groups excluding carboxylic acids is 1. The quantitative estimate of drug-likeness (QED) is 0.793. The fraction of sp³-hybridized carbons (Fsp3) is 0.611. The van der Waals surface area contributed by atoms with Gasteiger partial charge in [0.1, 0.15) is 0 Å². The molecule has 1 saturated heterocycles. The summed E-state index contributed by atoms with van der Waals surface area (Å²) in [6.07, 6.45) is 3.63. The van der Waals surface area contributed by atoms with Gasteiger partial charge in [-0.1, -0.05) is 17.7 Å². The highest BCUT2D eigenvalue weighted by atomic mass is 32.2. The number of aryl methyl sites for hydroxylation is 1. The summed E-state index contributed by atoms with van der Waals surface area (Å²) in [5.74, 6) is 0.123. The Bertz CT molecular complexity index is 714. The molecule has 1 aliphatic heterocycles. The number of nitrogens with two attached hydrogens (primary N) is 1. The lowest BCUT2D eigenvalue weighted by atomic mass is 9.98. The third-order valence-electron chi connectivity index (χ3n) is 5.19. The van der Waals surface area contributed by atoms with Crippen LogP contribution < -0.4 is 11.1 Å². The predicted molar refractivity (Wildman–Crippen MR) is 96.4 cm³/mol. The molecule has 1 aliphatic carbocycles. The molecule has 1 heterocycles. The number of amides is 1. The molecular formula is C18H27N3O3S. The van der Waals surface area contributed by atoms with Crippen molar-refractivity contribution in [1.29, 1.82) is 0 Å². The molecule has 7 heteroatoms. The first kappa shape index (κ1) is 18.4. The van der Waals surface area contributed by atoms with Crippen molar-refractivity contribution in [2.75, 3.05) is 19.6 Å². The third kappa shape index (κ3) is 4.22. The Labute approximate surface area is 149 Å². The summed E-state index contributed by atoms with van der Waals surface area (Å²) >= 11 is 0. The van der Waals surface area contributed by atoms with Crippen molar-refractivity contribution in [2.24, 2.45) is 17.6 Å². The molecule has 0 bridgehead atoms. The van der Waals surface area contributed by atoms with Crippen LogP contribution in [0.1, 0.15) is 31.2 Å². The van der Waals surface area contributed by atoms with Crippen molar-refractivity contribution in [3.05, 3.63) is 29.8 Å². The van der Waals surface area contributed by atoms with Gasteiger partial charge in [0.05, 0.1) is 10.8 Å². The number of benzene rings is 1. The Kier molecular flexibility index (Phi) is 5.46. The van der Waals surface area contributed by atoms with Crippen molar-refractivity contribution < 1.29 is 13.2 Å². The standard InChI is InChI=1S/C18H27N3O3S/c1-13-4-8-16(9-5-13)25(23,24)21-10-2-3-15(12-21)18(22)20-17(11-19)14-6-7-14/h4-5,8-9,14-15,17H,2-3,6-7,10-12,19H2,1H3,(H,20,22). The van der Waals surface area contributed by atoms with Gasteiger partial charge in [-0.3, -0.25) is 4.79 Å². The van der Waals surface area contributed by atoms with Crippen LogP contribution in [-0.2, 0) is 14.8 Å². The smallest absolute Gasteiger partial charge is 0.243 e. The normalized spacial score (nSPS) is 23.2. The van der Waals surface area contributed by atoms with E-state index in [0.717, 1.165) is 18.4 Å². The van der Waals surface area contributed by atoms with E-state index in [1.165, 1.54) is 4.31 Å². The number of nitrogens with zero attached hydrogens (tertiary/aromatic N) is 1. The Morgan fingerprint density at radius 2 is 1.96 bits per heavy atom. The lowest BCUT2D eigenvalue weighted by Gasteiger charge is -2.32. The van der Waals surface area contributed by atoms with Crippen molar-refractivity contribution >= 4 is 15.9 Å². The van der Waals surface area contributed by atoms with Crippen LogP contribution in [0.25, 0.3) is 0 Å². The van der Waals surface area contributed by atoms with Crippen LogP contribution in [0.5, 0.6) is 0 Å². The molecule has 25 heavy (non-hydrogen) atoms. The van der Waals surface area contributed by atoms with E-state index >= 15 is 0 Å². The summed E-state index contributed by atoms with van der Waals surface area (Å²) in [5, 5.41) is 3.03. The van der Waals surface area contributed by atoms with Gasteiger partial charge in [-0.15, -0.1) is 0 Å². The van der Waals surface area contributed by atoms with Crippen molar-refractivity contribution in [3.63, 3.8) is 0 Å². The maximum absolute atomic E-state index is 12.8. The van der Waals surface area contributed by atoms with Gasteiger partial charge in [0.2, 0.25) is 15.9 Å². The van der Waals surface area contributed by atoms with E-state index in [1.807, 2.05) is 6.92 Å². The second kappa shape index (κ2) is 7.43. The first-order valence-electron chi connectivity index (χ1n) is 8.99. The maximum atomic E-state index is 12.8. The van der Waals surface area contributed by atoms with Gasteiger partial charge in [-0.2, -0.15) is 4.31 Å². The first-order valence-corrected chi connectivity index (χ1v) is 10.4. The molecule has 0 radical (unpaired) electrons. The molecule has 138 valence electrons. The number of carbonyl (C=O) groups is 1. The van der Waals surface area contributed by atoms with Gasteiger partial charge < -0.3 is 11.1 Å². The van der Waals surface area contributed by atoms with Crippen molar-refractivity contribution in [3.8, 4) is 0 Å². The average Bonchev–Trinajstić information content (AvgIpc) is 3.45. The van der Waals surface area contributed by atoms with E-state index in [2.05, 4.69) is 5.32 Å². The van der Waals surface area contributed by atoms with Crippen LogP contribution in [0.2, 0.25) is 0 Å². The molecule has 1 aromatic carbocycles. The highest BCUT2D eigenvalue weighted by Crippen LogP contribution is 2.32. The Hall–Kier alpha value is -1.44. The molecule has 1 aromatic rings. The average molecular weight is 365 g/mol. The van der Waals surface area contributed by atoms with Crippen LogP contribution in [0.4, 0.5) is 0 Å². The number of sulfonamides is 1. The highest BCUT2D eigenvalue weighted by Gasteiger charge is 2.36. The summed E-state index contributed by atoms with van der Waals surface area (Å²) < 4.78 is 27.1. The largest absolute Gasteiger partial charge is 0.352 e. The summed E-state index contributed by atoms with van der Waals surface area (Å²) in [4.78, 5) is 12.9. The second-order valence-corrected chi connectivity index (χ2v) is 9.14. The molecule has 2 atom stereocenters. The highest BCUT2D eigenvalue weighted by molar-refractivity contribution is 7.89. The van der Waals surface area contributed by atoms with E-state index in [1.54, 1.807) is 24.3 Å². The van der Waals surface area contributed by atoms with Gasteiger partial charge in [-0.05, 0) is 50.7 Å². The van der Waals surface area contributed by atoms with Crippen molar-refractivity contribution in [2.45, 2.75) is 43.5 Å². The summed E-state index contributed by atoms with van der Waals surface area (Å²) in [5.41, 5.74) is 6.77. The lowest BCUT2D eigenvalue weighted by molar-refractivity contribution is -0.126. The molecule has 3 N–H and O–H groups in total. The number of piperidine rings is 1. The minimum absolute atomic E-state index is 0.0246. The van der Waals surface area contributed by atoms with Gasteiger partial charge in [0.15, 0.2) is 0 Å². The van der Waals surface area contributed by atoms with E-state index in [0.29, 0.717) is 31.8 Å². The number of nitrogens with one attached hydrogen (secondary N) is 1. The topological polar surface area (TPSA) is 92.5 Å². The summed E-state index contributed by atoms with van der Waals surface area (Å²) in [6.45, 7) is 3.06. The molecule has 0 spiro atoms. The third-order valence-corrected chi connectivity index (χ3v) is 7.07. The van der Waals surface area contributed by atoms with Gasteiger partial charge >= 0.3 is 0 Å². The van der Waals surface area contributed by atoms with Gasteiger partial charge in [0, 0.05) is 25.7 Å². The molecule has 1 saturated carbocycles.